The zero-order chi connectivity index (χ0) is 14.7. The van der Waals surface area contributed by atoms with Crippen LogP contribution in [0.25, 0.3) is 0 Å². The maximum absolute atomic E-state index is 14.0. The third kappa shape index (κ3) is 2.93. The minimum Gasteiger partial charge on any atom is -0.478 e. The Morgan fingerprint density at radius 3 is 2.65 bits per heavy atom. The van der Waals surface area contributed by atoms with E-state index < -0.39 is 11.8 Å². The van der Waals surface area contributed by atoms with Crippen molar-refractivity contribution in [3.05, 3.63) is 29.6 Å². The number of piperidine rings is 1. The second kappa shape index (κ2) is 6.22. The summed E-state index contributed by atoms with van der Waals surface area (Å²) < 4.78 is 14.0. The van der Waals surface area contributed by atoms with Gasteiger partial charge < -0.3 is 14.9 Å². The SMILES string of the molecule is CCN1CCC(N(C)c2c(F)cccc2C(=O)O)CC1. The van der Waals surface area contributed by atoms with Crippen molar-refractivity contribution >= 4 is 11.7 Å². The number of carbonyl (C=O) groups is 1. The van der Waals surface area contributed by atoms with Gasteiger partial charge in [-0.05, 0) is 31.5 Å². The molecule has 1 aromatic carbocycles. The highest BCUT2D eigenvalue weighted by molar-refractivity contribution is 5.94. The standard InChI is InChI=1S/C15H21FN2O2/c1-3-18-9-7-11(8-10-18)17(2)14-12(15(19)20)5-4-6-13(14)16/h4-6,11H,3,7-10H2,1-2H3,(H,19,20). The van der Waals surface area contributed by atoms with Crippen LogP contribution in [0.5, 0.6) is 0 Å². The zero-order valence-corrected chi connectivity index (χ0v) is 12.0. The number of hydrogen-bond donors (Lipinski definition) is 1. The van der Waals surface area contributed by atoms with Crippen molar-refractivity contribution in [1.82, 2.24) is 4.90 Å². The van der Waals surface area contributed by atoms with Gasteiger partial charge in [-0.2, -0.15) is 0 Å². The van der Waals surface area contributed by atoms with E-state index in [0.717, 1.165) is 32.5 Å². The van der Waals surface area contributed by atoms with Gasteiger partial charge in [0.1, 0.15) is 5.82 Å². The molecule has 0 spiro atoms. The number of anilines is 1. The lowest BCUT2D eigenvalue weighted by atomic mass is 10.0. The molecule has 0 bridgehead atoms. The largest absolute Gasteiger partial charge is 0.478 e. The van der Waals surface area contributed by atoms with E-state index in [1.54, 1.807) is 11.9 Å². The molecule has 0 saturated carbocycles. The van der Waals surface area contributed by atoms with Gasteiger partial charge in [-0.3, -0.25) is 0 Å². The van der Waals surface area contributed by atoms with Crippen LogP contribution in [0.4, 0.5) is 10.1 Å². The molecular weight excluding hydrogens is 259 g/mol. The van der Waals surface area contributed by atoms with Crippen LogP contribution in [-0.4, -0.2) is 48.7 Å². The van der Waals surface area contributed by atoms with Crippen molar-refractivity contribution in [2.45, 2.75) is 25.8 Å². The molecule has 0 aromatic heterocycles. The maximum atomic E-state index is 14.0. The van der Waals surface area contributed by atoms with Crippen molar-refractivity contribution in [3.8, 4) is 0 Å². The fourth-order valence-electron chi connectivity index (χ4n) is 2.85. The first-order valence-electron chi connectivity index (χ1n) is 7.01. The lowest BCUT2D eigenvalue weighted by Gasteiger charge is -2.38. The number of carboxylic acids is 1. The van der Waals surface area contributed by atoms with Gasteiger partial charge in [0, 0.05) is 26.2 Å². The molecule has 1 aliphatic rings. The molecule has 0 amide bonds. The first-order valence-corrected chi connectivity index (χ1v) is 7.01. The summed E-state index contributed by atoms with van der Waals surface area (Å²) in [6.07, 6.45) is 1.86. The monoisotopic (exact) mass is 280 g/mol. The highest BCUT2D eigenvalue weighted by Gasteiger charge is 2.26. The topological polar surface area (TPSA) is 43.8 Å². The summed E-state index contributed by atoms with van der Waals surface area (Å²) in [5.41, 5.74) is 0.236. The molecule has 0 unspecified atom stereocenters. The van der Waals surface area contributed by atoms with Crippen LogP contribution in [0.3, 0.4) is 0 Å². The molecule has 20 heavy (non-hydrogen) atoms. The molecule has 1 N–H and O–H groups in total. The molecule has 0 aliphatic carbocycles. The predicted octanol–water partition coefficient (Wildman–Crippen LogP) is 2.44. The number of halogens is 1. The van der Waals surface area contributed by atoms with E-state index in [0.29, 0.717) is 0 Å². The van der Waals surface area contributed by atoms with E-state index in [1.165, 1.54) is 18.2 Å². The minimum absolute atomic E-state index is 0.0328. The van der Waals surface area contributed by atoms with Crippen LogP contribution < -0.4 is 4.90 Å². The molecule has 110 valence electrons. The zero-order valence-electron chi connectivity index (χ0n) is 12.0. The lowest BCUT2D eigenvalue weighted by molar-refractivity contribution is 0.0697. The Labute approximate surface area is 118 Å². The Bertz CT molecular complexity index is 485. The number of benzene rings is 1. The Balaban J connectivity index is 2.21. The summed E-state index contributed by atoms with van der Waals surface area (Å²) in [7, 11) is 1.79. The second-order valence-electron chi connectivity index (χ2n) is 5.22. The van der Waals surface area contributed by atoms with Gasteiger partial charge in [-0.15, -0.1) is 0 Å². The van der Waals surface area contributed by atoms with Gasteiger partial charge in [-0.1, -0.05) is 13.0 Å². The minimum atomic E-state index is -1.09. The summed E-state index contributed by atoms with van der Waals surface area (Å²) in [5, 5.41) is 9.22. The molecule has 1 aromatic rings. The number of carboxylic acid groups (broad SMARTS) is 1. The first-order chi connectivity index (χ1) is 9.54. The third-order valence-electron chi connectivity index (χ3n) is 4.12. The number of nitrogens with zero attached hydrogens (tertiary/aromatic N) is 2. The Kier molecular flexibility index (Phi) is 4.60. The average molecular weight is 280 g/mol. The van der Waals surface area contributed by atoms with Crippen molar-refractivity contribution < 1.29 is 14.3 Å². The first kappa shape index (κ1) is 14.8. The summed E-state index contributed by atoms with van der Waals surface area (Å²) in [6, 6.07) is 4.40. The number of rotatable bonds is 4. The van der Waals surface area contributed by atoms with Gasteiger partial charge in [0.15, 0.2) is 0 Å². The van der Waals surface area contributed by atoms with Crippen molar-refractivity contribution in [2.24, 2.45) is 0 Å². The predicted molar refractivity (Wildman–Crippen MR) is 76.9 cm³/mol. The Hall–Kier alpha value is -1.62. The molecule has 1 aliphatic heterocycles. The second-order valence-corrected chi connectivity index (χ2v) is 5.22. The lowest BCUT2D eigenvalue weighted by Crippen LogP contribution is -2.44. The van der Waals surface area contributed by atoms with Crippen LogP contribution in [0.15, 0.2) is 18.2 Å². The molecule has 4 nitrogen and oxygen atoms in total. The highest BCUT2D eigenvalue weighted by atomic mass is 19.1. The summed E-state index contributed by atoms with van der Waals surface area (Å²) in [5.74, 6) is -1.55. The van der Waals surface area contributed by atoms with Gasteiger partial charge in [-0.25, -0.2) is 9.18 Å². The average Bonchev–Trinajstić information content (AvgIpc) is 2.46. The number of hydrogen-bond acceptors (Lipinski definition) is 3. The van der Waals surface area contributed by atoms with Crippen molar-refractivity contribution in [1.29, 1.82) is 0 Å². The van der Waals surface area contributed by atoms with E-state index in [1.807, 2.05) is 0 Å². The summed E-state index contributed by atoms with van der Waals surface area (Å²) in [6.45, 7) is 5.10. The highest BCUT2D eigenvalue weighted by Crippen LogP contribution is 2.28. The third-order valence-corrected chi connectivity index (χ3v) is 4.12. The van der Waals surface area contributed by atoms with E-state index in [9.17, 15) is 14.3 Å². The number of likely N-dealkylation sites (tertiary alicyclic amines) is 1. The maximum Gasteiger partial charge on any atom is 0.337 e. The molecule has 1 fully saturated rings. The fourth-order valence-corrected chi connectivity index (χ4v) is 2.85. The number of para-hydroxylation sites is 1. The van der Waals surface area contributed by atoms with Crippen LogP contribution >= 0.6 is 0 Å². The summed E-state index contributed by atoms with van der Waals surface area (Å²) in [4.78, 5) is 15.4. The van der Waals surface area contributed by atoms with Gasteiger partial charge in [0.2, 0.25) is 0 Å². The number of aromatic carboxylic acids is 1. The van der Waals surface area contributed by atoms with Crippen LogP contribution in [-0.2, 0) is 0 Å². The van der Waals surface area contributed by atoms with Crippen molar-refractivity contribution in [3.63, 3.8) is 0 Å². The van der Waals surface area contributed by atoms with E-state index in [-0.39, 0.29) is 17.3 Å². The van der Waals surface area contributed by atoms with Crippen molar-refractivity contribution in [2.75, 3.05) is 31.6 Å². The van der Waals surface area contributed by atoms with Gasteiger partial charge in [0.05, 0.1) is 11.3 Å². The molecule has 0 radical (unpaired) electrons. The van der Waals surface area contributed by atoms with Crippen LogP contribution in [0.1, 0.15) is 30.1 Å². The van der Waals surface area contributed by atoms with E-state index >= 15 is 0 Å². The quantitative estimate of drug-likeness (QED) is 0.920. The van der Waals surface area contributed by atoms with E-state index in [4.69, 9.17) is 0 Å². The Morgan fingerprint density at radius 1 is 1.45 bits per heavy atom. The summed E-state index contributed by atoms with van der Waals surface area (Å²) >= 11 is 0. The van der Waals surface area contributed by atoms with Crippen LogP contribution in [0, 0.1) is 5.82 Å². The van der Waals surface area contributed by atoms with Gasteiger partial charge in [0.25, 0.3) is 0 Å². The smallest absolute Gasteiger partial charge is 0.337 e. The molecule has 1 heterocycles. The van der Waals surface area contributed by atoms with Gasteiger partial charge >= 0.3 is 5.97 Å². The van der Waals surface area contributed by atoms with E-state index in [2.05, 4.69) is 11.8 Å². The fraction of sp³-hybridized carbons (Fsp3) is 0.533. The molecular formula is C15H21FN2O2. The molecule has 1 saturated heterocycles. The molecule has 2 rings (SSSR count). The van der Waals surface area contributed by atoms with Crippen LogP contribution in [0.2, 0.25) is 0 Å². The molecule has 0 atom stereocenters. The normalized spacial score (nSPS) is 17.1. The Morgan fingerprint density at radius 2 is 2.10 bits per heavy atom. The molecule has 5 heteroatoms.